The fourth-order valence-electron chi connectivity index (χ4n) is 3.88. The Bertz CT molecular complexity index is 875. The number of halogens is 2. The van der Waals surface area contributed by atoms with Crippen molar-refractivity contribution in [3.05, 3.63) is 59.7 Å². The Morgan fingerprint density at radius 1 is 1.12 bits per heavy atom. The highest BCUT2D eigenvalue weighted by Gasteiger charge is 2.48. The van der Waals surface area contributed by atoms with Crippen LogP contribution in [0.4, 0.5) is 8.78 Å². The van der Waals surface area contributed by atoms with E-state index in [1.807, 2.05) is 19.1 Å². The smallest absolute Gasteiger partial charge is 0.226 e. The van der Waals surface area contributed by atoms with E-state index in [2.05, 4.69) is 0 Å². The van der Waals surface area contributed by atoms with Crippen LogP contribution in [0.5, 0.6) is 0 Å². The van der Waals surface area contributed by atoms with Gasteiger partial charge in [-0.25, -0.2) is 8.78 Å². The third kappa shape index (κ3) is 2.81. The molecule has 26 heavy (non-hydrogen) atoms. The number of carbonyl (C=O) groups is 1. The molecule has 2 aromatic carbocycles. The minimum absolute atomic E-state index is 0.0252. The van der Waals surface area contributed by atoms with Crippen LogP contribution in [0.25, 0.3) is 11.1 Å². The van der Waals surface area contributed by atoms with E-state index in [1.165, 1.54) is 18.2 Å². The lowest BCUT2D eigenvalue weighted by molar-refractivity contribution is -0.131. The summed E-state index contributed by atoms with van der Waals surface area (Å²) in [5.41, 5.74) is 1.89. The van der Waals surface area contributed by atoms with Gasteiger partial charge in [-0.1, -0.05) is 37.3 Å². The van der Waals surface area contributed by atoms with Crippen molar-refractivity contribution >= 4 is 11.6 Å². The van der Waals surface area contributed by atoms with Crippen LogP contribution >= 0.6 is 0 Å². The van der Waals surface area contributed by atoms with Gasteiger partial charge in [0.05, 0.1) is 12.1 Å². The maximum absolute atomic E-state index is 14.2. The molecule has 4 rings (SSSR count). The number of rotatable bonds is 3. The Balaban J connectivity index is 1.61. The Labute approximate surface area is 151 Å². The summed E-state index contributed by atoms with van der Waals surface area (Å²) in [5, 5.41) is 7.87. The molecule has 0 bridgehead atoms. The topological polar surface area (TPSA) is 44.2 Å². The first-order valence-electron chi connectivity index (χ1n) is 8.86. The number of hydrogen-bond donors (Lipinski definition) is 1. The molecular weight excluding hydrogens is 334 g/mol. The summed E-state index contributed by atoms with van der Waals surface area (Å²) >= 11 is 0. The minimum atomic E-state index is -0.595. The van der Waals surface area contributed by atoms with Crippen molar-refractivity contribution in [1.29, 1.82) is 5.41 Å². The van der Waals surface area contributed by atoms with Crippen molar-refractivity contribution in [2.75, 3.05) is 13.1 Å². The van der Waals surface area contributed by atoms with Crippen molar-refractivity contribution in [2.45, 2.75) is 19.3 Å². The fraction of sp³-hybridized carbons (Fsp3) is 0.333. The highest BCUT2D eigenvalue weighted by Crippen LogP contribution is 2.51. The van der Waals surface area contributed by atoms with Crippen LogP contribution in [-0.2, 0) is 4.79 Å². The van der Waals surface area contributed by atoms with E-state index < -0.39 is 11.6 Å². The predicted octanol–water partition coefficient (Wildman–Crippen LogP) is 4.23. The molecule has 1 aliphatic heterocycles. The first kappa shape index (κ1) is 16.9. The van der Waals surface area contributed by atoms with Crippen LogP contribution in [0, 0.1) is 28.9 Å². The van der Waals surface area contributed by atoms with E-state index in [0.29, 0.717) is 30.8 Å². The summed E-state index contributed by atoms with van der Waals surface area (Å²) in [6, 6.07) is 11.0. The van der Waals surface area contributed by atoms with Crippen LogP contribution < -0.4 is 0 Å². The molecule has 1 saturated heterocycles. The molecule has 2 fully saturated rings. The van der Waals surface area contributed by atoms with Crippen LogP contribution in [0.2, 0.25) is 0 Å². The summed E-state index contributed by atoms with van der Waals surface area (Å²) in [5.74, 6) is -1.22. The van der Waals surface area contributed by atoms with Gasteiger partial charge in [-0.05, 0) is 35.6 Å². The lowest BCUT2D eigenvalue weighted by Crippen LogP contribution is -2.30. The number of carbonyl (C=O) groups excluding carboxylic acids is 1. The zero-order valence-electron chi connectivity index (χ0n) is 14.5. The summed E-state index contributed by atoms with van der Waals surface area (Å²) in [4.78, 5) is 14.5. The normalized spacial score (nSPS) is 24.8. The number of nitrogens with zero attached hydrogens (tertiary/aromatic N) is 1. The van der Waals surface area contributed by atoms with E-state index in [-0.39, 0.29) is 29.2 Å². The second kappa shape index (κ2) is 6.31. The Morgan fingerprint density at radius 2 is 1.81 bits per heavy atom. The second-order valence-electron chi connectivity index (χ2n) is 7.28. The SMILES string of the molecule is C[C@@H]1CN(C(=O)[C@@H]2C[C@H]2c2ccccc2-c2c(F)cccc2F)CC1=N. The predicted molar refractivity (Wildman–Crippen MR) is 96.1 cm³/mol. The van der Waals surface area contributed by atoms with Gasteiger partial charge in [0.2, 0.25) is 5.91 Å². The molecule has 134 valence electrons. The number of nitrogens with one attached hydrogen (secondary N) is 1. The minimum Gasteiger partial charge on any atom is -0.336 e. The van der Waals surface area contributed by atoms with E-state index in [4.69, 9.17) is 5.41 Å². The molecule has 0 radical (unpaired) electrons. The molecule has 0 unspecified atom stereocenters. The van der Waals surface area contributed by atoms with Gasteiger partial charge in [0.15, 0.2) is 0 Å². The standard InChI is InChI=1S/C21H20F2N2O/c1-12-10-25(11-19(12)24)21(26)16-9-15(16)13-5-2-3-6-14(13)20-17(22)7-4-8-18(20)23/h2-8,12,15-16,24H,9-11H2,1H3/t12-,15+,16-/m1/s1. The third-order valence-corrected chi connectivity index (χ3v) is 5.46. The average molecular weight is 354 g/mol. The van der Waals surface area contributed by atoms with Gasteiger partial charge in [0.25, 0.3) is 0 Å². The molecule has 1 N–H and O–H groups in total. The largest absolute Gasteiger partial charge is 0.336 e. The lowest BCUT2D eigenvalue weighted by Gasteiger charge is -2.16. The van der Waals surface area contributed by atoms with E-state index >= 15 is 0 Å². The van der Waals surface area contributed by atoms with Crippen molar-refractivity contribution in [3.63, 3.8) is 0 Å². The van der Waals surface area contributed by atoms with Crippen LogP contribution in [0.15, 0.2) is 42.5 Å². The van der Waals surface area contributed by atoms with Gasteiger partial charge in [0, 0.05) is 24.1 Å². The highest BCUT2D eigenvalue weighted by molar-refractivity contribution is 5.94. The molecule has 1 aliphatic carbocycles. The monoisotopic (exact) mass is 354 g/mol. The molecule has 5 heteroatoms. The lowest BCUT2D eigenvalue weighted by atomic mass is 9.95. The maximum Gasteiger partial charge on any atom is 0.226 e. The van der Waals surface area contributed by atoms with Crippen LogP contribution in [0.3, 0.4) is 0 Å². The zero-order valence-corrected chi connectivity index (χ0v) is 14.5. The number of amides is 1. The average Bonchev–Trinajstić information content (AvgIpc) is 3.34. The molecule has 2 aliphatic rings. The van der Waals surface area contributed by atoms with Crippen molar-refractivity contribution < 1.29 is 13.6 Å². The molecule has 1 heterocycles. The molecule has 1 saturated carbocycles. The number of likely N-dealkylation sites (tertiary alicyclic amines) is 1. The van der Waals surface area contributed by atoms with E-state index in [1.54, 1.807) is 17.0 Å². The fourth-order valence-corrected chi connectivity index (χ4v) is 3.88. The number of benzene rings is 2. The van der Waals surface area contributed by atoms with Gasteiger partial charge in [0.1, 0.15) is 11.6 Å². The van der Waals surface area contributed by atoms with Gasteiger partial charge >= 0.3 is 0 Å². The zero-order chi connectivity index (χ0) is 18.4. The molecule has 3 atom stereocenters. The van der Waals surface area contributed by atoms with Gasteiger partial charge < -0.3 is 10.3 Å². The van der Waals surface area contributed by atoms with E-state index in [9.17, 15) is 13.6 Å². The Kier molecular flexibility index (Phi) is 4.10. The molecule has 0 aromatic heterocycles. The van der Waals surface area contributed by atoms with Crippen molar-refractivity contribution in [2.24, 2.45) is 11.8 Å². The first-order valence-corrected chi connectivity index (χ1v) is 8.86. The summed E-state index contributed by atoms with van der Waals surface area (Å²) in [6.07, 6.45) is 0.685. The Morgan fingerprint density at radius 3 is 2.46 bits per heavy atom. The molecule has 3 nitrogen and oxygen atoms in total. The Hall–Kier alpha value is -2.56. The maximum atomic E-state index is 14.2. The van der Waals surface area contributed by atoms with Crippen LogP contribution in [0.1, 0.15) is 24.8 Å². The van der Waals surface area contributed by atoms with Crippen molar-refractivity contribution in [1.82, 2.24) is 4.90 Å². The molecule has 2 aromatic rings. The summed E-state index contributed by atoms with van der Waals surface area (Å²) in [7, 11) is 0. The quantitative estimate of drug-likeness (QED) is 0.881. The summed E-state index contributed by atoms with van der Waals surface area (Å²) in [6.45, 7) is 2.94. The number of hydrogen-bond acceptors (Lipinski definition) is 2. The van der Waals surface area contributed by atoms with Gasteiger partial charge in [-0.2, -0.15) is 0 Å². The van der Waals surface area contributed by atoms with Crippen LogP contribution in [-0.4, -0.2) is 29.6 Å². The third-order valence-electron chi connectivity index (χ3n) is 5.46. The van der Waals surface area contributed by atoms with E-state index in [0.717, 1.165) is 5.56 Å². The molecule has 1 amide bonds. The molecular formula is C21H20F2N2O. The van der Waals surface area contributed by atoms with Gasteiger partial charge in [-0.3, -0.25) is 4.79 Å². The highest BCUT2D eigenvalue weighted by atomic mass is 19.1. The van der Waals surface area contributed by atoms with Gasteiger partial charge in [-0.15, -0.1) is 0 Å². The summed E-state index contributed by atoms with van der Waals surface area (Å²) < 4.78 is 28.5. The first-order chi connectivity index (χ1) is 12.5. The molecule has 0 spiro atoms. The van der Waals surface area contributed by atoms with Crippen molar-refractivity contribution in [3.8, 4) is 11.1 Å². The second-order valence-corrected chi connectivity index (χ2v) is 7.28.